The molecule has 88 valence electrons. The number of nitrogens with zero attached hydrogens (tertiary/aromatic N) is 1. The van der Waals surface area contributed by atoms with Crippen molar-refractivity contribution < 1.29 is 4.79 Å². The highest BCUT2D eigenvalue weighted by atomic mass is 32.1. The Labute approximate surface area is 105 Å². The SMILES string of the molecule is CCc1cc(C(=O)NCc2cccnc2)cs1. The molecule has 3 nitrogen and oxygen atoms in total. The van der Waals surface area contributed by atoms with E-state index in [0.29, 0.717) is 6.54 Å². The van der Waals surface area contributed by atoms with Gasteiger partial charge in [0.05, 0.1) is 5.56 Å². The van der Waals surface area contributed by atoms with Crippen LogP contribution in [0.3, 0.4) is 0 Å². The van der Waals surface area contributed by atoms with Crippen molar-refractivity contribution in [3.8, 4) is 0 Å². The number of hydrogen-bond donors (Lipinski definition) is 1. The van der Waals surface area contributed by atoms with Crippen LogP contribution < -0.4 is 5.32 Å². The molecular formula is C13H14N2OS. The monoisotopic (exact) mass is 246 g/mol. The highest BCUT2D eigenvalue weighted by molar-refractivity contribution is 7.10. The Balaban J connectivity index is 1.93. The molecule has 2 rings (SSSR count). The molecule has 0 spiro atoms. The van der Waals surface area contributed by atoms with Gasteiger partial charge in [0.1, 0.15) is 0 Å². The van der Waals surface area contributed by atoms with E-state index in [4.69, 9.17) is 0 Å². The standard InChI is InChI=1S/C13H14N2OS/c1-2-12-6-11(9-17-12)13(16)15-8-10-4-3-5-14-7-10/h3-7,9H,2,8H2,1H3,(H,15,16). The number of rotatable bonds is 4. The first-order valence-corrected chi connectivity index (χ1v) is 6.42. The van der Waals surface area contributed by atoms with Crippen LogP contribution in [0.2, 0.25) is 0 Å². The number of carbonyl (C=O) groups excluding carboxylic acids is 1. The van der Waals surface area contributed by atoms with Crippen molar-refractivity contribution in [2.24, 2.45) is 0 Å². The normalized spacial score (nSPS) is 10.2. The summed E-state index contributed by atoms with van der Waals surface area (Å²) >= 11 is 1.63. The Kier molecular flexibility index (Phi) is 3.88. The van der Waals surface area contributed by atoms with Gasteiger partial charge in [0.25, 0.3) is 5.91 Å². The number of nitrogens with one attached hydrogen (secondary N) is 1. The van der Waals surface area contributed by atoms with Crippen LogP contribution in [0.4, 0.5) is 0 Å². The zero-order valence-electron chi connectivity index (χ0n) is 9.64. The molecule has 0 aromatic carbocycles. The maximum absolute atomic E-state index is 11.8. The highest BCUT2D eigenvalue weighted by Gasteiger charge is 2.07. The van der Waals surface area contributed by atoms with Crippen LogP contribution in [-0.4, -0.2) is 10.9 Å². The van der Waals surface area contributed by atoms with E-state index in [9.17, 15) is 4.79 Å². The lowest BCUT2D eigenvalue weighted by Gasteiger charge is -2.02. The smallest absolute Gasteiger partial charge is 0.252 e. The fourth-order valence-corrected chi connectivity index (χ4v) is 2.29. The topological polar surface area (TPSA) is 42.0 Å². The molecule has 0 bridgehead atoms. The van der Waals surface area contributed by atoms with Crippen LogP contribution in [0, 0.1) is 0 Å². The van der Waals surface area contributed by atoms with Crippen molar-refractivity contribution >= 4 is 17.2 Å². The molecule has 0 unspecified atom stereocenters. The lowest BCUT2D eigenvalue weighted by Crippen LogP contribution is -2.22. The first kappa shape index (κ1) is 11.8. The van der Waals surface area contributed by atoms with E-state index in [1.54, 1.807) is 23.7 Å². The Bertz CT molecular complexity index is 493. The first-order valence-electron chi connectivity index (χ1n) is 5.54. The summed E-state index contributed by atoms with van der Waals surface area (Å²) in [4.78, 5) is 17.1. The number of carbonyl (C=O) groups is 1. The number of aromatic nitrogens is 1. The second-order valence-electron chi connectivity index (χ2n) is 3.70. The van der Waals surface area contributed by atoms with E-state index in [0.717, 1.165) is 17.5 Å². The van der Waals surface area contributed by atoms with E-state index in [1.807, 2.05) is 23.6 Å². The average molecular weight is 246 g/mol. The third kappa shape index (κ3) is 3.14. The molecule has 2 aromatic rings. The summed E-state index contributed by atoms with van der Waals surface area (Å²) in [6.45, 7) is 2.60. The van der Waals surface area contributed by atoms with Crippen molar-refractivity contribution in [3.05, 3.63) is 52.0 Å². The number of thiophene rings is 1. The van der Waals surface area contributed by atoms with Gasteiger partial charge in [-0.1, -0.05) is 13.0 Å². The summed E-state index contributed by atoms with van der Waals surface area (Å²) < 4.78 is 0. The van der Waals surface area contributed by atoms with E-state index in [-0.39, 0.29) is 5.91 Å². The average Bonchev–Trinajstić information content (AvgIpc) is 2.86. The maximum Gasteiger partial charge on any atom is 0.252 e. The molecule has 1 N–H and O–H groups in total. The Morgan fingerprint density at radius 1 is 1.53 bits per heavy atom. The largest absolute Gasteiger partial charge is 0.348 e. The summed E-state index contributed by atoms with van der Waals surface area (Å²) in [6.07, 6.45) is 4.45. The zero-order chi connectivity index (χ0) is 12.1. The lowest BCUT2D eigenvalue weighted by atomic mass is 10.2. The molecule has 0 saturated heterocycles. The summed E-state index contributed by atoms with van der Waals surface area (Å²) in [5.74, 6) is -0.0233. The lowest BCUT2D eigenvalue weighted by molar-refractivity contribution is 0.0951. The van der Waals surface area contributed by atoms with E-state index in [2.05, 4.69) is 17.2 Å². The van der Waals surface area contributed by atoms with Crippen LogP contribution in [-0.2, 0) is 13.0 Å². The maximum atomic E-state index is 11.8. The fraction of sp³-hybridized carbons (Fsp3) is 0.231. The molecule has 0 saturated carbocycles. The van der Waals surface area contributed by atoms with Gasteiger partial charge in [0.15, 0.2) is 0 Å². The van der Waals surface area contributed by atoms with E-state index in [1.165, 1.54) is 4.88 Å². The minimum Gasteiger partial charge on any atom is -0.348 e. The predicted octanol–water partition coefficient (Wildman–Crippen LogP) is 2.64. The molecule has 1 amide bonds. The van der Waals surface area contributed by atoms with Gasteiger partial charge < -0.3 is 5.32 Å². The molecule has 0 aliphatic rings. The molecule has 17 heavy (non-hydrogen) atoms. The number of hydrogen-bond acceptors (Lipinski definition) is 3. The van der Waals surface area contributed by atoms with E-state index < -0.39 is 0 Å². The van der Waals surface area contributed by atoms with Crippen LogP contribution in [0.1, 0.15) is 27.7 Å². The van der Waals surface area contributed by atoms with Crippen molar-refractivity contribution in [2.75, 3.05) is 0 Å². The van der Waals surface area contributed by atoms with Gasteiger partial charge in [0.2, 0.25) is 0 Å². The van der Waals surface area contributed by atoms with Crippen molar-refractivity contribution in [1.82, 2.24) is 10.3 Å². The summed E-state index contributed by atoms with van der Waals surface area (Å²) in [5.41, 5.74) is 1.75. The molecule has 0 radical (unpaired) electrons. The molecule has 2 heterocycles. The summed E-state index contributed by atoms with van der Waals surface area (Å²) in [6, 6.07) is 5.75. The van der Waals surface area contributed by atoms with Gasteiger partial charge in [-0.25, -0.2) is 0 Å². The minimum absolute atomic E-state index is 0.0233. The molecule has 0 fully saturated rings. The third-order valence-corrected chi connectivity index (χ3v) is 3.52. The fourth-order valence-electron chi connectivity index (χ4n) is 1.47. The minimum atomic E-state index is -0.0233. The van der Waals surface area contributed by atoms with Crippen molar-refractivity contribution in [3.63, 3.8) is 0 Å². The van der Waals surface area contributed by atoms with Crippen LogP contribution >= 0.6 is 11.3 Å². The third-order valence-electron chi connectivity index (χ3n) is 2.44. The second-order valence-corrected chi connectivity index (χ2v) is 4.69. The molecule has 4 heteroatoms. The molecule has 0 aliphatic carbocycles. The van der Waals surface area contributed by atoms with Gasteiger partial charge in [-0.15, -0.1) is 11.3 Å². The molecule has 2 aromatic heterocycles. The van der Waals surface area contributed by atoms with Crippen molar-refractivity contribution in [2.45, 2.75) is 19.9 Å². The second kappa shape index (κ2) is 5.59. The predicted molar refractivity (Wildman–Crippen MR) is 69.1 cm³/mol. The Morgan fingerprint density at radius 3 is 3.06 bits per heavy atom. The molecular weight excluding hydrogens is 232 g/mol. The van der Waals surface area contributed by atoms with Gasteiger partial charge >= 0.3 is 0 Å². The van der Waals surface area contributed by atoms with Gasteiger partial charge in [0, 0.05) is 29.2 Å². The zero-order valence-corrected chi connectivity index (χ0v) is 10.5. The van der Waals surface area contributed by atoms with Gasteiger partial charge in [-0.05, 0) is 24.1 Å². The summed E-state index contributed by atoms with van der Waals surface area (Å²) in [7, 11) is 0. The van der Waals surface area contributed by atoms with Crippen LogP contribution in [0.25, 0.3) is 0 Å². The summed E-state index contributed by atoms with van der Waals surface area (Å²) in [5, 5.41) is 4.78. The Morgan fingerprint density at radius 2 is 2.41 bits per heavy atom. The van der Waals surface area contributed by atoms with Gasteiger partial charge in [-0.3, -0.25) is 9.78 Å². The molecule has 0 aliphatic heterocycles. The van der Waals surface area contributed by atoms with Crippen LogP contribution in [0.5, 0.6) is 0 Å². The highest BCUT2D eigenvalue weighted by Crippen LogP contribution is 2.15. The first-order chi connectivity index (χ1) is 8.29. The van der Waals surface area contributed by atoms with Gasteiger partial charge in [-0.2, -0.15) is 0 Å². The van der Waals surface area contributed by atoms with E-state index >= 15 is 0 Å². The number of amides is 1. The van der Waals surface area contributed by atoms with Crippen molar-refractivity contribution in [1.29, 1.82) is 0 Å². The quantitative estimate of drug-likeness (QED) is 0.901. The molecule has 0 atom stereocenters. The Hall–Kier alpha value is -1.68. The number of aryl methyl sites for hydroxylation is 1. The van der Waals surface area contributed by atoms with Crippen LogP contribution in [0.15, 0.2) is 36.0 Å². The number of pyridine rings is 1.